The van der Waals surface area contributed by atoms with Crippen LogP contribution in [-0.4, -0.2) is 29.0 Å². The molecule has 0 heterocycles. The number of aliphatic carboxylic acids is 1. The molecule has 0 radical (unpaired) electrons. The molecule has 0 aromatic carbocycles. The van der Waals surface area contributed by atoms with Crippen molar-refractivity contribution in [2.24, 2.45) is 0 Å². The zero-order valence-electron chi connectivity index (χ0n) is 4.91. The highest BCUT2D eigenvalue weighted by Crippen LogP contribution is 2.16. The molecule has 60 valence electrons. The summed E-state index contributed by atoms with van der Waals surface area (Å²) in [6, 6.07) is 0. The van der Waals surface area contributed by atoms with Crippen molar-refractivity contribution in [3.8, 4) is 0 Å². The molecular formula is C3H5FO5S. The number of carboxylic acids is 1. The van der Waals surface area contributed by atoms with Gasteiger partial charge in [0.25, 0.3) is 0 Å². The molecule has 2 N–H and O–H groups in total. The number of hydrogen-bond donors (Lipinski definition) is 2. The highest BCUT2D eigenvalue weighted by molar-refractivity contribution is 7.87. The quantitative estimate of drug-likeness (QED) is 0.555. The van der Waals surface area contributed by atoms with E-state index in [0.29, 0.717) is 0 Å². The average Bonchev–Trinajstić information content (AvgIpc) is 1.62. The Balaban J connectivity index is 4.95. The average molecular weight is 172 g/mol. The summed E-state index contributed by atoms with van der Waals surface area (Å²) in [7, 11) is -5.17. The molecule has 0 amide bonds. The molecule has 0 bridgehead atoms. The molecule has 0 aliphatic rings. The van der Waals surface area contributed by atoms with Crippen LogP contribution in [0.4, 0.5) is 4.39 Å². The summed E-state index contributed by atoms with van der Waals surface area (Å²) in [6.45, 7) is 0.241. The van der Waals surface area contributed by atoms with Crippen LogP contribution in [0.1, 0.15) is 6.92 Å². The zero-order valence-corrected chi connectivity index (χ0v) is 5.72. The molecule has 0 aromatic rings. The van der Waals surface area contributed by atoms with Gasteiger partial charge < -0.3 is 5.11 Å². The second-order valence-electron chi connectivity index (χ2n) is 1.70. The monoisotopic (exact) mass is 172 g/mol. The van der Waals surface area contributed by atoms with Crippen molar-refractivity contribution in [3.63, 3.8) is 0 Å². The standard InChI is InChI=1S/C3H5FO5S/c1-3(4,2(5)6)10(7,8)9/h1H3,(H,5,6)(H,7,8,9). The topological polar surface area (TPSA) is 91.7 Å². The second-order valence-corrected chi connectivity index (χ2v) is 3.41. The Morgan fingerprint density at radius 1 is 1.60 bits per heavy atom. The normalized spacial score (nSPS) is 17.9. The fraction of sp³-hybridized carbons (Fsp3) is 0.667. The van der Waals surface area contributed by atoms with Crippen molar-refractivity contribution < 1.29 is 27.3 Å². The summed E-state index contributed by atoms with van der Waals surface area (Å²) in [4.78, 5) is 9.75. The maximum absolute atomic E-state index is 12.3. The predicted octanol–water partition coefficient (Wildman–Crippen LogP) is -0.355. The van der Waals surface area contributed by atoms with E-state index in [9.17, 15) is 17.6 Å². The smallest absolute Gasteiger partial charge is 0.359 e. The van der Waals surface area contributed by atoms with Gasteiger partial charge in [-0.15, -0.1) is 0 Å². The number of alkyl halides is 1. The van der Waals surface area contributed by atoms with E-state index in [1.807, 2.05) is 0 Å². The number of carbonyl (C=O) groups is 1. The highest BCUT2D eigenvalue weighted by atomic mass is 32.2. The van der Waals surface area contributed by atoms with Crippen molar-refractivity contribution in [1.82, 2.24) is 0 Å². The molecular weight excluding hydrogens is 167 g/mol. The molecule has 0 aliphatic heterocycles. The first-order chi connectivity index (χ1) is 4.19. The van der Waals surface area contributed by atoms with E-state index in [1.165, 1.54) is 0 Å². The van der Waals surface area contributed by atoms with Crippen LogP contribution in [0, 0.1) is 0 Å². The van der Waals surface area contributed by atoms with Gasteiger partial charge >= 0.3 is 21.1 Å². The highest BCUT2D eigenvalue weighted by Gasteiger charge is 2.46. The minimum absolute atomic E-state index is 0.241. The van der Waals surface area contributed by atoms with E-state index in [0.717, 1.165) is 0 Å². The van der Waals surface area contributed by atoms with Gasteiger partial charge in [-0.3, -0.25) is 4.55 Å². The number of rotatable bonds is 2. The lowest BCUT2D eigenvalue weighted by Crippen LogP contribution is -2.38. The Bertz CT molecular complexity index is 240. The van der Waals surface area contributed by atoms with Crippen molar-refractivity contribution in [2.75, 3.05) is 0 Å². The van der Waals surface area contributed by atoms with Crippen molar-refractivity contribution >= 4 is 16.1 Å². The first kappa shape index (κ1) is 9.31. The fourth-order valence-corrected chi connectivity index (χ4v) is 0.331. The Morgan fingerprint density at radius 2 is 1.90 bits per heavy atom. The Kier molecular flexibility index (Phi) is 2.02. The first-order valence-corrected chi connectivity index (χ1v) is 3.53. The van der Waals surface area contributed by atoms with Crippen LogP contribution in [0.2, 0.25) is 0 Å². The van der Waals surface area contributed by atoms with Gasteiger partial charge in [0.15, 0.2) is 0 Å². The summed E-state index contributed by atoms with van der Waals surface area (Å²) < 4.78 is 40.0. The largest absolute Gasteiger partial charge is 0.478 e. The molecule has 0 aromatic heterocycles. The summed E-state index contributed by atoms with van der Waals surface area (Å²) >= 11 is 0. The maximum atomic E-state index is 12.3. The molecule has 1 atom stereocenters. The third-order valence-corrected chi connectivity index (χ3v) is 2.01. The fourth-order valence-electron chi connectivity index (χ4n) is 0.110. The molecule has 10 heavy (non-hydrogen) atoms. The van der Waals surface area contributed by atoms with Crippen LogP contribution in [0.15, 0.2) is 0 Å². The van der Waals surface area contributed by atoms with Crippen LogP contribution < -0.4 is 0 Å². The zero-order chi connectivity index (χ0) is 8.58. The van der Waals surface area contributed by atoms with Gasteiger partial charge in [-0.05, 0) is 6.92 Å². The van der Waals surface area contributed by atoms with Crippen LogP contribution in [0.3, 0.4) is 0 Å². The predicted molar refractivity (Wildman–Crippen MR) is 28.7 cm³/mol. The number of halogens is 1. The van der Waals surface area contributed by atoms with Crippen LogP contribution in [0.5, 0.6) is 0 Å². The van der Waals surface area contributed by atoms with Crippen molar-refractivity contribution in [2.45, 2.75) is 11.9 Å². The molecule has 5 nitrogen and oxygen atoms in total. The Hall–Kier alpha value is -0.690. The van der Waals surface area contributed by atoms with E-state index in [1.54, 1.807) is 0 Å². The maximum Gasteiger partial charge on any atom is 0.359 e. The minimum atomic E-state index is -5.17. The van der Waals surface area contributed by atoms with E-state index in [-0.39, 0.29) is 6.92 Å². The van der Waals surface area contributed by atoms with E-state index in [2.05, 4.69) is 0 Å². The molecule has 0 fully saturated rings. The van der Waals surface area contributed by atoms with Gasteiger partial charge in [0.05, 0.1) is 0 Å². The van der Waals surface area contributed by atoms with Gasteiger partial charge in [-0.1, -0.05) is 0 Å². The van der Waals surface area contributed by atoms with Crippen molar-refractivity contribution in [1.29, 1.82) is 0 Å². The number of hydrogen-bond acceptors (Lipinski definition) is 3. The molecule has 0 rings (SSSR count). The van der Waals surface area contributed by atoms with Gasteiger partial charge in [-0.25, -0.2) is 9.18 Å². The summed E-state index contributed by atoms with van der Waals surface area (Å²) in [5.74, 6) is -2.24. The number of carboxylic acid groups (broad SMARTS) is 1. The third kappa shape index (κ3) is 1.42. The van der Waals surface area contributed by atoms with E-state index >= 15 is 0 Å². The van der Waals surface area contributed by atoms with Gasteiger partial charge in [0.1, 0.15) is 0 Å². The van der Waals surface area contributed by atoms with E-state index < -0.39 is 21.1 Å². The third-order valence-electron chi connectivity index (χ3n) is 0.866. The van der Waals surface area contributed by atoms with Gasteiger partial charge in [0, 0.05) is 0 Å². The van der Waals surface area contributed by atoms with E-state index in [4.69, 9.17) is 9.66 Å². The first-order valence-electron chi connectivity index (χ1n) is 2.09. The molecule has 0 saturated carbocycles. The van der Waals surface area contributed by atoms with Gasteiger partial charge in [0.2, 0.25) is 0 Å². The lowest BCUT2D eigenvalue weighted by molar-refractivity contribution is -0.144. The summed E-state index contributed by atoms with van der Waals surface area (Å²) in [5.41, 5.74) is 0. The molecule has 7 heteroatoms. The minimum Gasteiger partial charge on any atom is -0.478 e. The molecule has 0 spiro atoms. The van der Waals surface area contributed by atoms with Crippen LogP contribution in [0.25, 0.3) is 0 Å². The van der Waals surface area contributed by atoms with Crippen molar-refractivity contribution in [3.05, 3.63) is 0 Å². The Labute approximate surface area is 56.2 Å². The molecule has 0 aliphatic carbocycles. The van der Waals surface area contributed by atoms with Crippen LogP contribution >= 0.6 is 0 Å². The lowest BCUT2D eigenvalue weighted by Gasteiger charge is -2.09. The molecule has 1 unspecified atom stereocenters. The lowest BCUT2D eigenvalue weighted by atomic mass is 10.4. The summed E-state index contributed by atoms with van der Waals surface area (Å²) in [6.07, 6.45) is 0. The van der Waals surface area contributed by atoms with Gasteiger partial charge in [-0.2, -0.15) is 8.42 Å². The van der Waals surface area contributed by atoms with Crippen LogP contribution in [-0.2, 0) is 14.9 Å². The summed E-state index contributed by atoms with van der Waals surface area (Å²) in [5, 5.41) is 4.24. The Morgan fingerprint density at radius 3 is 1.90 bits per heavy atom. The molecule has 0 saturated heterocycles. The second kappa shape index (κ2) is 2.17. The SMILES string of the molecule is CC(F)(C(=O)O)S(=O)(=O)O.